The highest BCUT2D eigenvalue weighted by Gasteiger charge is 2.43. The van der Waals surface area contributed by atoms with E-state index in [1.807, 2.05) is 20.8 Å². The third kappa shape index (κ3) is 2.74. The van der Waals surface area contributed by atoms with Crippen molar-refractivity contribution in [3.8, 4) is 0 Å². The van der Waals surface area contributed by atoms with Crippen molar-refractivity contribution in [2.24, 2.45) is 16.6 Å². The Kier molecular flexibility index (Phi) is 3.97. The van der Waals surface area contributed by atoms with Gasteiger partial charge in [-0.1, -0.05) is 20.3 Å². The second-order valence-electron chi connectivity index (χ2n) is 5.92. The molecular formula is C12H24N2O2. The van der Waals surface area contributed by atoms with Crippen LogP contribution in [0.4, 0.5) is 0 Å². The fraction of sp³-hybridized carbons (Fsp3) is 0.917. The smallest absolute Gasteiger partial charge is 0.227 e. The lowest BCUT2D eigenvalue weighted by molar-refractivity contribution is -0.131. The molecule has 94 valence electrons. The van der Waals surface area contributed by atoms with Gasteiger partial charge in [0.05, 0.1) is 5.41 Å². The Bertz CT molecular complexity index is 266. The number of carbonyl (C=O) groups excluding carboxylic acids is 1. The maximum atomic E-state index is 12.1. The SMILES string of the molecule is CC(C)(CO)CNC(=O)C1(C)CCCC1N. The highest BCUT2D eigenvalue weighted by atomic mass is 16.3. The second-order valence-corrected chi connectivity index (χ2v) is 5.92. The van der Waals surface area contributed by atoms with Gasteiger partial charge in [-0.2, -0.15) is 0 Å². The zero-order chi connectivity index (χ0) is 12.4. The van der Waals surface area contributed by atoms with Crippen molar-refractivity contribution in [3.63, 3.8) is 0 Å². The van der Waals surface area contributed by atoms with Gasteiger partial charge in [-0.15, -0.1) is 0 Å². The Morgan fingerprint density at radius 2 is 2.25 bits per heavy atom. The lowest BCUT2D eigenvalue weighted by atomic mass is 9.83. The molecule has 0 saturated heterocycles. The molecule has 0 heterocycles. The van der Waals surface area contributed by atoms with Gasteiger partial charge in [0.25, 0.3) is 0 Å². The fourth-order valence-electron chi connectivity index (χ4n) is 2.05. The number of nitrogens with one attached hydrogen (secondary N) is 1. The summed E-state index contributed by atoms with van der Waals surface area (Å²) in [6.45, 7) is 6.33. The minimum Gasteiger partial charge on any atom is -0.396 e. The number of aliphatic hydroxyl groups is 1. The number of amides is 1. The van der Waals surface area contributed by atoms with E-state index >= 15 is 0 Å². The van der Waals surface area contributed by atoms with Crippen molar-refractivity contribution < 1.29 is 9.90 Å². The van der Waals surface area contributed by atoms with Crippen LogP contribution < -0.4 is 11.1 Å². The van der Waals surface area contributed by atoms with Gasteiger partial charge < -0.3 is 16.2 Å². The lowest BCUT2D eigenvalue weighted by Crippen LogP contribution is -2.49. The molecule has 4 N–H and O–H groups in total. The van der Waals surface area contributed by atoms with Crippen LogP contribution in [0, 0.1) is 10.8 Å². The molecule has 1 saturated carbocycles. The van der Waals surface area contributed by atoms with Crippen LogP contribution in [-0.2, 0) is 4.79 Å². The maximum absolute atomic E-state index is 12.1. The normalized spacial score (nSPS) is 30.4. The summed E-state index contributed by atoms with van der Waals surface area (Å²) in [4.78, 5) is 12.1. The van der Waals surface area contributed by atoms with E-state index in [1.165, 1.54) is 0 Å². The summed E-state index contributed by atoms with van der Waals surface area (Å²) < 4.78 is 0. The van der Waals surface area contributed by atoms with Crippen LogP contribution in [0.25, 0.3) is 0 Å². The molecule has 2 unspecified atom stereocenters. The molecule has 0 aromatic heterocycles. The maximum Gasteiger partial charge on any atom is 0.227 e. The van der Waals surface area contributed by atoms with Crippen molar-refractivity contribution in [2.75, 3.05) is 13.2 Å². The largest absolute Gasteiger partial charge is 0.396 e. The highest BCUT2D eigenvalue weighted by molar-refractivity contribution is 5.83. The van der Waals surface area contributed by atoms with Gasteiger partial charge in [-0.05, 0) is 19.8 Å². The van der Waals surface area contributed by atoms with Crippen LogP contribution in [-0.4, -0.2) is 30.2 Å². The Morgan fingerprint density at radius 3 is 2.69 bits per heavy atom. The van der Waals surface area contributed by atoms with Crippen LogP contribution in [0.5, 0.6) is 0 Å². The lowest BCUT2D eigenvalue weighted by Gasteiger charge is -2.30. The molecule has 4 nitrogen and oxygen atoms in total. The molecule has 0 bridgehead atoms. The zero-order valence-corrected chi connectivity index (χ0v) is 10.5. The van der Waals surface area contributed by atoms with Crippen LogP contribution in [0.15, 0.2) is 0 Å². The van der Waals surface area contributed by atoms with Gasteiger partial charge in [0.2, 0.25) is 5.91 Å². The minimum atomic E-state index is -0.425. The highest BCUT2D eigenvalue weighted by Crippen LogP contribution is 2.36. The number of carbonyl (C=O) groups is 1. The first-order valence-electron chi connectivity index (χ1n) is 5.96. The van der Waals surface area contributed by atoms with Crippen molar-refractivity contribution in [3.05, 3.63) is 0 Å². The van der Waals surface area contributed by atoms with Crippen LogP contribution in [0.3, 0.4) is 0 Å². The van der Waals surface area contributed by atoms with Gasteiger partial charge in [-0.25, -0.2) is 0 Å². The van der Waals surface area contributed by atoms with E-state index in [4.69, 9.17) is 10.8 Å². The average Bonchev–Trinajstić information content (AvgIpc) is 2.57. The molecule has 0 aliphatic heterocycles. The van der Waals surface area contributed by atoms with Gasteiger partial charge in [-0.3, -0.25) is 4.79 Å². The first-order valence-corrected chi connectivity index (χ1v) is 5.96. The molecule has 1 fully saturated rings. The van der Waals surface area contributed by atoms with Crippen LogP contribution in [0.2, 0.25) is 0 Å². The van der Waals surface area contributed by atoms with Crippen molar-refractivity contribution in [1.29, 1.82) is 0 Å². The van der Waals surface area contributed by atoms with E-state index in [0.29, 0.717) is 6.54 Å². The summed E-state index contributed by atoms with van der Waals surface area (Å²) in [5, 5.41) is 12.0. The molecule has 1 aliphatic rings. The van der Waals surface area contributed by atoms with E-state index in [-0.39, 0.29) is 24.0 Å². The molecule has 2 atom stereocenters. The molecule has 1 aliphatic carbocycles. The quantitative estimate of drug-likeness (QED) is 0.661. The van der Waals surface area contributed by atoms with Crippen molar-refractivity contribution in [2.45, 2.75) is 46.1 Å². The fourth-order valence-corrected chi connectivity index (χ4v) is 2.05. The van der Waals surface area contributed by atoms with Gasteiger partial charge in [0.1, 0.15) is 0 Å². The standard InChI is InChI=1S/C12H24N2O2/c1-11(2,8-15)7-14-10(16)12(3)6-4-5-9(12)13/h9,15H,4-8,13H2,1-3H3,(H,14,16). The van der Waals surface area contributed by atoms with E-state index in [2.05, 4.69) is 5.32 Å². The number of rotatable bonds is 4. The summed E-state index contributed by atoms with van der Waals surface area (Å²) in [7, 11) is 0. The Morgan fingerprint density at radius 1 is 1.62 bits per heavy atom. The number of nitrogens with two attached hydrogens (primary N) is 1. The third-order valence-electron chi connectivity index (χ3n) is 3.70. The Balaban J connectivity index is 2.53. The van der Waals surface area contributed by atoms with Crippen LogP contribution in [0.1, 0.15) is 40.0 Å². The molecule has 0 radical (unpaired) electrons. The summed E-state index contributed by atoms with van der Waals surface area (Å²) in [6.07, 6.45) is 2.81. The van der Waals surface area contributed by atoms with Crippen molar-refractivity contribution in [1.82, 2.24) is 5.32 Å². The zero-order valence-electron chi connectivity index (χ0n) is 10.5. The summed E-state index contributed by atoms with van der Waals surface area (Å²) in [6, 6.07) is -0.0373. The third-order valence-corrected chi connectivity index (χ3v) is 3.70. The molecular weight excluding hydrogens is 204 g/mol. The predicted molar refractivity (Wildman–Crippen MR) is 63.8 cm³/mol. The number of aliphatic hydroxyl groups excluding tert-OH is 1. The average molecular weight is 228 g/mol. The first kappa shape index (κ1) is 13.5. The molecule has 0 aromatic carbocycles. The molecule has 16 heavy (non-hydrogen) atoms. The molecule has 1 rings (SSSR count). The van der Waals surface area contributed by atoms with E-state index in [1.54, 1.807) is 0 Å². The molecule has 1 amide bonds. The molecule has 4 heteroatoms. The Hall–Kier alpha value is -0.610. The minimum absolute atomic E-state index is 0.0269. The summed E-state index contributed by atoms with van der Waals surface area (Å²) in [5.74, 6) is 0.0269. The number of hydrogen-bond donors (Lipinski definition) is 3. The topological polar surface area (TPSA) is 75.3 Å². The van der Waals surface area contributed by atoms with Crippen molar-refractivity contribution >= 4 is 5.91 Å². The number of hydrogen-bond acceptors (Lipinski definition) is 3. The van der Waals surface area contributed by atoms with E-state index in [0.717, 1.165) is 19.3 Å². The monoisotopic (exact) mass is 228 g/mol. The molecule has 0 aromatic rings. The summed E-state index contributed by atoms with van der Waals surface area (Å²) >= 11 is 0. The Labute approximate surface area is 97.6 Å². The van der Waals surface area contributed by atoms with E-state index < -0.39 is 5.41 Å². The first-order chi connectivity index (χ1) is 7.32. The van der Waals surface area contributed by atoms with Gasteiger partial charge >= 0.3 is 0 Å². The van der Waals surface area contributed by atoms with E-state index in [9.17, 15) is 4.79 Å². The summed E-state index contributed by atoms with van der Waals surface area (Å²) in [5.41, 5.74) is 5.28. The van der Waals surface area contributed by atoms with Gasteiger partial charge in [0.15, 0.2) is 0 Å². The second kappa shape index (κ2) is 4.72. The predicted octanol–water partition coefficient (Wildman–Crippen LogP) is 0.639. The van der Waals surface area contributed by atoms with Crippen LogP contribution >= 0.6 is 0 Å². The molecule has 0 spiro atoms. The van der Waals surface area contributed by atoms with Gasteiger partial charge in [0, 0.05) is 24.6 Å².